The first-order valence-electron chi connectivity index (χ1n) is 6.76. The van der Waals surface area contributed by atoms with E-state index in [0.29, 0.717) is 11.5 Å². The molecule has 0 radical (unpaired) electrons. The third-order valence-electron chi connectivity index (χ3n) is 3.19. The molecule has 0 saturated carbocycles. The van der Waals surface area contributed by atoms with E-state index in [9.17, 15) is 9.00 Å². The van der Waals surface area contributed by atoms with Crippen molar-refractivity contribution in [1.82, 2.24) is 0 Å². The zero-order valence-corrected chi connectivity index (χ0v) is 13.8. The Morgan fingerprint density at radius 3 is 2.25 bits per heavy atom. The monoisotopic (exact) mass is 296 g/mol. The van der Waals surface area contributed by atoms with Gasteiger partial charge in [-0.25, -0.2) is 0 Å². The van der Waals surface area contributed by atoms with E-state index >= 15 is 0 Å². The van der Waals surface area contributed by atoms with Crippen molar-refractivity contribution < 1.29 is 13.7 Å². The van der Waals surface area contributed by atoms with Gasteiger partial charge in [-0.15, -0.1) is 0 Å². The lowest BCUT2D eigenvalue weighted by Gasteiger charge is -2.19. The van der Waals surface area contributed by atoms with Gasteiger partial charge in [0.25, 0.3) is 0 Å². The van der Waals surface area contributed by atoms with E-state index in [4.69, 9.17) is 0 Å². The Kier molecular flexibility index (Phi) is 5.93. The van der Waals surface area contributed by atoms with Gasteiger partial charge in [0.15, 0.2) is 0 Å². The second kappa shape index (κ2) is 7.02. The fourth-order valence-electron chi connectivity index (χ4n) is 1.89. The molecule has 3 nitrogen and oxygen atoms in total. The summed E-state index contributed by atoms with van der Waals surface area (Å²) in [6.45, 7) is 8.24. The van der Waals surface area contributed by atoms with Gasteiger partial charge in [-0.2, -0.15) is 0 Å². The SMILES string of the molecule is COC(=O)C(C)CS(=O)Cc1ccc(C(C)(C)C)cc1. The zero-order chi connectivity index (χ0) is 15.3. The highest BCUT2D eigenvalue weighted by Crippen LogP contribution is 2.22. The quantitative estimate of drug-likeness (QED) is 0.784. The minimum absolute atomic E-state index is 0.122. The number of hydrogen-bond donors (Lipinski definition) is 0. The van der Waals surface area contributed by atoms with Gasteiger partial charge in [-0.3, -0.25) is 9.00 Å². The average Bonchev–Trinajstić information content (AvgIpc) is 2.37. The maximum Gasteiger partial charge on any atom is 0.309 e. The molecule has 4 heteroatoms. The number of esters is 1. The predicted octanol–water partition coefficient (Wildman–Crippen LogP) is 3.04. The first-order valence-corrected chi connectivity index (χ1v) is 8.25. The van der Waals surface area contributed by atoms with Crippen LogP contribution in [0.25, 0.3) is 0 Å². The van der Waals surface area contributed by atoms with E-state index in [-0.39, 0.29) is 17.3 Å². The van der Waals surface area contributed by atoms with Crippen LogP contribution in [-0.2, 0) is 31.5 Å². The van der Waals surface area contributed by atoms with Crippen LogP contribution in [0.4, 0.5) is 0 Å². The topological polar surface area (TPSA) is 43.4 Å². The van der Waals surface area contributed by atoms with Gasteiger partial charge in [-0.05, 0) is 16.5 Å². The molecule has 1 aromatic rings. The van der Waals surface area contributed by atoms with Crippen molar-refractivity contribution in [2.75, 3.05) is 12.9 Å². The van der Waals surface area contributed by atoms with E-state index in [1.54, 1.807) is 6.92 Å². The van der Waals surface area contributed by atoms with Crippen LogP contribution in [0.15, 0.2) is 24.3 Å². The number of rotatable bonds is 5. The molecule has 2 atom stereocenters. The van der Waals surface area contributed by atoms with Crippen LogP contribution in [-0.4, -0.2) is 23.0 Å². The maximum atomic E-state index is 12.0. The molecule has 0 aliphatic rings. The summed E-state index contributed by atoms with van der Waals surface area (Å²) in [5.74, 6) is 0.190. The van der Waals surface area contributed by atoms with Crippen LogP contribution < -0.4 is 0 Å². The highest BCUT2D eigenvalue weighted by atomic mass is 32.2. The number of hydrogen-bond acceptors (Lipinski definition) is 3. The molecule has 2 unspecified atom stereocenters. The number of carbonyl (C=O) groups excluding carboxylic acids is 1. The molecule has 0 spiro atoms. The summed E-state index contributed by atoms with van der Waals surface area (Å²) in [6, 6.07) is 8.19. The molecular weight excluding hydrogens is 272 g/mol. The molecule has 112 valence electrons. The summed E-state index contributed by atoms with van der Waals surface area (Å²) in [5, 5.41) is 0. The molecule has 0 aliphatic carbocycles. The van der Waals surface area contributed by atoms with E-state index in [2.05, 4.69) is 37.6 Å². The largest absolute Gasteiger partial charge is 0.469 e. The highest BCUT2D eigenvalue weighted by molar-refractivity contribution is 7.84. The number of benzene rings is 1. The molecule has 0 heterocycles. The normalized spacial score (nSPS) is 14.7. The smallest absolute Gasteiger partial charge is 0.309 e. The number of ether oxygens (including phenoxy) is 1. The lowest BCUT2D eigenvalue weighted by molar-refractivity contribution is -0.144. The molecular formula is C16H24O3S. The molecule has 0 aliphatic heterocycles. The third-order valence-corrected chi connectivity index (χ3v) is 4.71. The molecule has 20 heavy (non-hydrogen) atoms. The Bertz CT molecular complexity index is 471. The van der Waals surface area contributed by atoms with Crippen molar-refractivity contribution in [3.8, 4) is 0 Å². The Labute approximate surface area is 124 Å². The third kappa shape index (κ3) is 5.08. The second-order valence-corrected chi connectivity index (χ2v) is 7.62. The predicted molar refractivity (Wildman–Crippen MR) is 83.0 cm³/mol. The lowest BCUT2D eigenvalue weighted by atomic mass is 9.87. The summed E-state index contributed by atoms with van der Waals surface area (Å²) in [4.78, 5) is 11.3. The van der Waals surface area contributed by atoms with E-state index < -0.39 is 10.8 Å². The molecule has 0 N–H and O–H groups in total. The lowest BCUT2D eigenvalue weighted by Crippen LogP contribution is -2.20. The molecule has 1 aromatic carbocycles. The van der Waals surface area contributed by atoms with Crippen molar-refractivity contribution in [2.24, 2.45) is 5.92 Å². The van der Waals surface area contributed by atoms with Gasteiger partial charge >= 0.3 is 5.97 Å². The number of methoxy groups -OCH3 is 1. The highest BCUT2D eigenvalue weighted by Gasteiger charge is 2.17. The van der Waals surface area contributed by atoms with Crippen LogP contribution in [0.1, 0.15) is 38.8 Å². The van der Waals surface area contributed by atoms with Crippen molar-refractivity contribution >= 4 is 16.8 Å². The summed E-state index contributed by atoms with van der Waals surface area (Å²) < 4.78 is 16.7. The van der Waals surface area contributed by atoms with Crippen molar-refractivity contribution in [2.45, 2.75) is 38.9 Å². The Morgan fingerprint density at radius 1 is 1.25 bits per heavy atom. The van der Waals surface area contributed by atoms with Crippen LogP contribution in [0.2, 0.25) is 0 Å². The molecule has 1 rings (SSSR count). The average molecular weight is 296 g/mol. The first kappa shape index (κ1) is 16.9. The number of carbonyl (C=O) groups is 1. The molecule has 0 fully saturated rings. The van der Waals surface area contributed by atoms with Crippen LogP contribution in [0.3, 0.4) is 0 Å². The van der Waals surface area contributed by atoms with Crippen molar-refractivity contribution in [3.05, 3.63) is 35.4 Å². The van der Waals surface area contributed by atoms with Crippen LogP contribution >= 0.6 is 0 Å². The molecule has 0 aromatic heterocycles. The molecule has 0 bridgehead atoms. The van der Waals surface area contributed by atoms with Crippen molar-refractivity contribution in [3.63, 3.8) is 0 Å². The minimum Gasteiger partial charge on any atom is -0.469 e. The second-order valence-electron chi connectivity index (χ2n) is 6.12. The summed E-state index contributed by atoms with van der Waals surface area (Å²) in [7, 11) is 0.302. The van der Waals surface area contributed by atoms with Gasteiger partial charge in [-0.1, -0.05) is 52.0 Å². The Balaban J connectivity index is 2.61. The van der Waals surface area contributed by atoms with Crippen molar-refractivity contribution in [1.29, 1.82) is 0 Å². The molecule has 0 amide bonds. The van der Waals surface area contributed by atoms with Crippen LogP contribution in [0.5, 0.6) is 0 Å². The Hall–Kier alpha value is -1.16. The molecule has 0 saturated heterocycles. The zero-order valence-electron chi connectivity index (χ0n) is 12.9. The van der Waals surface area contributed by atoms with Gasteiger partial charge in [0.1, 0.15) is 0 Å². The fraction of sp³-hybridized carbons (Fsp3) is 0.562. The van der Waals surface area contributed by atoms with Gasteiger partial charge < -0.3 is 4.74 Å². The van der Waals surface area contributed by atoms with E-state index in [1.165, 1.54) is 12.7 Å². The van der Waals surface area contributed by atoms with Gasteiger partial charge in [0, 0.05) is 22.3 Å². The summed E-state index contributed by atoms with van der Waals surface area (Å²) >= 11 is 0. The van der Waals surface area contributed by atoms with Gasteiger partial charge in [0.2, 0.25) is 0 Å². The Morgan fingerprint density at radius 2 is 1.80 bits per heavy atom. The first-order chi connectivity index (χ1) is 9.24. The van der Waals surface area contributed by atoms with Gasteiger partial charge in [0.05, 0.1) is 13.0 Å². The standard InChI is InChI=1S/C16H24O3S/c1-12(15(17)19-5)10-20(18)11-13-6-8-14(9-7-13)16(2,3)4/h6-9,12H,10-11H2,1-5H3. The minimum atomic E-state index is -1.05. The van der Waals surface area contributed by atoms with Crippen LogP contribution in [0, 0.1) is 5.92 Å². The fourth-order valence-corrected chi connectivity index (χ4v) is 3.27. The maximum absolute atomic E-state index is 12.0. The van der Waals surface area contributed by atoms with E-state index in [0.717, 1.165) is 5.56 Å². The summed E-state index contributed by atoms with van der Waals surface area (Å²) in [5.41, 5.74) is 2.42. The van der Waals surface area contributed by atoms with E-state index in [1.807, 2.05) is 12.1 Å². The summed E-state index contributed by atoms with van der Waals surface area (Å²) in [6.07, 6.45) is 0.